The molecule has 1 aliphatic rings. The average molecular weight is 405 g/mol. The van der Waals surface area contributed by atoms with Gasteiger partial charge in [0.05, 0.1) is 18.2 Å². The topological polar surface area (TPSA) is 62.7 Å². The third-order valence-electron chi connectivity index (χ3n) is 4.46. The number of benzene rings is 2. The van der Waals surface area contributed by atoms with E-state index in [1.165, 1.54) is 0 Å². The van der Waals surface area contributed by atoms with E-state index in [9.17, 15) is 18.0 Å². The van der Waals surface area contributed by atoms with Crippen LogP contribution in [0.15, 0.2) is 53.5 Å². The summed E-state index contributed by atoms with van der Waals surface area (Å²) in [5.41, 5.74) is 1.07. The van der Waals surface area contributed by atoms with Gasteiger partial charge in [-0.05, 0) is 61.7 Å². The van der Waals surface area contributed by atoms with Gasteiger partial charge in [-0.25, -0.2) is 4.99 Å². The predicted molar refractivity (Wildman–Crippen MR) is 105 cm³/mol. The fraction of sp³-hybridized carbons (Fsp3) is 0.333. The van der Waals surface area contributed by atoms with Crippen LogP contribution in [0, 0.1) is 6.92 Å². The van der Waals surface area contributed by atoms with Crippen LogP contribution in [0.25, 0.3) is 0 Å². The maximum absolute atomic E-state index is 12.7. The zero-order chi connectivity index (χ0) is 20.9. The van der Waals surface area contributed by atoms with Crippen molar-refractivity contribution < 1.29 is 22.7 Å². The molecule has 5 nitrogen and oxygen atoms in total. The first-order valence-corrected chi connectivity index (χ1v) is 9.29. The fourth-order valence-corrected chi connectivity index (χ4v) is 2.94. The Labute approximate surface area is 167 Å². The maximum atomic E-state index is 12.7. The number of nitrogens with one attached hydrogen (secondary N) is 2. The van der Waals surface area contributed by atoms with E-state index >= 15 is 0 Å². The van der Waals surface area contributed by atoms with Gasteiger partial charge in [-0.15, -0.1) is 0 Å². The van der Waals surface area contributed by atoms with Crippen LogP contribution in [0.2, 0.25) is 0 Å². The van der Waals surface area contributed by atoms with Gasteiger partial charge in [-0.2, -0.15) is 13.2 Å². The largest absolute Gasteiger partial charge is 0.416 e. The maximum Gasteiger partial charge on any atom is 0.416 e. The Hall–Kier alpha value is -2.87. The number of rotatable bonds is 4. The summed E-state index contributed by atoms with van der Waals surface area (Å²) in [6.07, 6.45) is -2.59. The number of aryl methyl sites for hydroxylation is 1. The molecule has 1 fully saturated rings. The van der Waals surface area contributed by atoms with Gasteiger partial charge < -0.3 is 10.1 Å². The summed E-state index contributed by atoms with van der Waals surface area (Å²) < 4.78 is 43.7. The quantitative estimate of drug-likeness (QED) is 0.586. The number of guanidine groups is 1. The Kier molecular flexibility index (Phi) is 6.53. The monoisotopic (exact) mass is 405 g/mol. The van der Waals surface area contributed by atoms with Crippen molar-refractivity contribution in [2.75, 3.05) is 18.5 Å². The van der Waals surface area contributed by atoms with Gasteiger partial charge in [-0.3, -0.25) is 10.1 Å². The fourth-order valence-electron chi connectivity index (χ4n) is 2.94. The standard InChI is InChI=1S/C21H22F3N3O2/c1-14-4-2-5-17(12-14)26-20(25-13-18-6-3-11-29-18)27-19(28)15-7-9-16(10-8-15)21(22,23)24/h2,4-5,7-10,12,18H,3,6,11,13H2,1H3,(H2,25,26,27,28)/t18-/m0/s1. The first-order chi connectivity index (χ1) is 13.8. The van der Waals surface area contributed by atoms with E-state index in [1.807, 2.05) is 31.2 Å². The second-order valence-corrected chi connectivity index (χ2v) is 6.85. The van der Waals surface area contributed by atoms with Crippen LogP contribution in [0.3, 0.4) is 0 Å². The lowest BCUT2D eigenvalue weighted by Gasteiger charge is -2.14. The second-order valence-electron chi connectivity index (χ2n) is 6.85. The zero-order valence-electron chi connectivity index (χ0n) is 15.9. The highest BCUT2D eigenvalue weighted by molar-refractivity contribution is 6.10. The molecule has 1 heterocycles. The van der Waals surface area contributed by atoms with Crippen LogP contribution in [0.5, 0.6) is 0 Å². The lowest BCUT2D eigenvalue weighted by Crippen LogP contribution is -2.36. The molecule has 3 rings (SSSR count). The summed E-state index contributed by atoms with van der Waals surface area (Å²) in [4.78, 5) is 16.9. The van der Waals surface area contributed by atoms with E-state index in [2.05, 4.69) is 15.6 Å². The van der Waals surface area contributed by atoms with Crippen molar-refractivity contribution >= 4 is 17.6 Å². The van der Waals surface area contributed by atoms with Gasteiger partial charge in [-0.1, -0.05) is 12.1 Å². The molecular formula is C21H22F3N3O2. The van der Waals surface area contributed by atoms with Crippen molar-refractivity contribution in [1.29, 1.82) is 0 Å². The van der Waals surface area contributed by atoms with Crippen LogP contribution < -0.4 is 10.6 Å². The predicted octanol–water partition coefficient (Wildman–Crippen LogP) is 4.39. The van der Waals surface area contributed by atoms with Crippen LogP contribution in [-0.4, -0.2) is 31.1 Å². The number of aliphatic imine (C=N–C) groups is 1. The minimum Gasteiger partial charge on any atom is -0.376 e. The van der Waals surface area contributed by atoms with E-state index in [4.69, 9.17) is 4.74 Å². The van der Waals surface area contributed by atoms with Gasteiger partial charge in [0.1, 0.15) is 0 Å². The van der Waals surface area contributed by atoms with E-state index in [0.29, 0.717) is 13.2 Å². The Morgan fingerprint density at radius 2 is 1.97 bits per heavy atom. The summed E-state index contributed by atoms with van der Waals surface area (Å²) in [6.45, 7) is 3.01. The molecular weight excluding hydrogens is 383 g/mol. The summed E-state index contributed by atoms with van der Waals surface area (Å²) >= 11 is 0. The summed E-state index contributed by atoms with van der Waals surface area (Å²) in [7, 11) is 0. The SMILES string of the molecule is Cc1cccc(NC(=NC[C@@H]2CCCO2)NC(=O)c2ccc(C(F)(F)F)cc2)c1. The molecule has 1 amide bonds. The van der Waals surface area contributed by atoms with Crippen molar-refractivity contribution in [3.8, 4) is 0 Å². The number of halogens is 3. The second kappa shape index (κ2) is 9.09. The number of ether oxygens (including phenoxy) is 1. The molecule has 2 N–H and O–H groups in total. The number of carbonyl (C=O) groups excluding carboxylic acids is 1. The highest BCUT2D eigenvalue weighted by Crippen LogP contribution is 2.29. The van der Waals surface area contributed by atoms with E-state index < -0.39 is 17.6 Å². The average Bonchev–Trinajstić information content (AvgIpc) is 3.19. The number of carbonyl (C=O) groups is 1. The highest BCUT2D eigenvalue weighted by Gasteiger charge is 2.30. The number of hydrogen-bond acceptors (Lipinski definition) is 3. The molecule has 8 heteroatoms. The van der Waals surface area contributed by atoms with Gasteiger partial charge in [0.15, 0.2) is 0 Å². The molecule has 0 spiro atoms. The molecule has 2 aromatic rings. The Morgan fingerprint density at radius 3 is 2.59 bits per heavy atom. The number of amides is 1. The summed E-state index contributed by atoms with van der Waals surface area (Å²) in [5.74, 6) is -0.332. The lowest BCUT2D eigenvalue weighted by atomic mass is 10.1. The van der Waals surface area contributed by atoms with Crippen molar-refractivity contribution in [2.45, 2.75) is 32.0 Å². The normalized spacial score (nSPS) is 17.2. The van der Waals surface area contributed by atoms with Crippen LogP contribution in [0.4, 0.5) is 18.9 Å². The third kappa shape index (κ3) is 6.05. The minimum atomic E-state index is -4.45. The molecule has 0 aliphatic carbocycles. The van der Waals surface area contributed by atoms with E-state index in [-0.39, 0.29) is 17.6 Å². The molecule has 0 bridgehead atoms. The molecule has 0 aromatic heterocycles. The number of nitrogens with zero attached hydrogens (tertiary/aromatic N) is 1. The van der Waals surface area contributed by atoms with Gasteiger partial charge in [0.2, 0.25) is 5.96 Å². The molecule has 1 aliphatic heterocycles. The molecule has 1 atom stereocenters. The van der Waals surface area contributed by atoms with Crippen molar-refractivity contribution in [3.63, 3.8) is 0 Å². The van der Waals surface area contributed by atoms with Crippen molar-refractivity contribution in [3.05, 3.63) is 65.2 Å². The smallest absolute Gasteiger partial charge is 0.376 e. The molecule has 29 heavy (non-hydrogen) atoms. The van der Waals surface area contributed by atoms with Crippen LogP contribution >= 0.6 is 0 Å². The lowest BCUT2D eigenvalue weighted by molar-refractivity contribution is -0.137. The summed E-state index contributed by atoms with van der Waals surface area (Å²) in [6, 6.07) is 11.6. The highest BCUT2D eigenvalue weighted by atomic mass is 19.4. The van der Waals surface area contributed by atoms with Gasteiger partial charge >= 0.3 is 6.18 Å². The Bertz CT molecular complexity index is 873. The van der Waals surface area contributed by atoms with Crippen LogP contribution in [-0.2, 0) is 10.9 Å². The Balaban J connectivity index is 1.74. The number of anilines is 1. The molecule has 0 saturated carbocycles. The van der Waals surface area contributed by atoms with Gasteiger partial charge in [0, 0.05) is 17.9 Å². The Morgan fingerprint density at radius 1 is 1.21 bits per heavy atom. The molecule has 1 saturated heterocycles. The van der Waals surface area contributed by atoms with E-state index in [0.717, 1.165) is 48.4 Å². The first-order valence-electron chi connectivity index (χ1n) is 9.29. The first kappa shape index (κ1) is 20.9. The number of alkyl halides is 3. The van der Waals surface area contributed by atoms with Crippen molar-refractivity contribution in [1.82, 2.24) is 5.32 Å². The molecule has 2 aromatic carbocycles. The molecule has 154 valence electrons. The zero-order valence-corrected chi connectivity index (χ0v) is 15.9. The van der Waals surface area contributed by atoms with Crippen molar-refractivity contribution in [2.24, 2.45) is 4.99 Å². The van der Waals surface area contributed by atoms with E-state index in [1.54, 1.807) is 0 Å². The van der Waals surface area contributed by atoms with Crippen LogP contribution in [0.1, 0.15) is 34.3 Å². The molecule has 0 radical (unpaired) electrons. The molecule has 0 unspecified atom stereocenters. The van der Waals surface area contributed by atoms with Gasteiger partial charge in [0.25, 0.3) is 5.91 Å². The summed E-state index contributed by atoms with van der Waals surface area (Å²) in [5, 5.41) is 5.71. The number of hydrogen-bond donors (Lipinski definition) is 2. The minimum absolute atomic E-state index is 0.00715. The third-order valence-corrected chi connectivity index (χ3v) is 4.46.